The first-order valence-corrected chi connectivity index (χ1v) is 11.3. The number of halogens is 1. The van der Waals surface area contributed by atoms with Gasteiger partial charge in [-0.25, -0.2) is 0 Å². The number of aryl methyl sites for hydroxylation is 1. The van der Waals surface area contributed by atoms with Gasteiger partial charge in [0.1, 0.15) is 0 Å². The van der Waals surface area contributed by atoms with E-state index in [1.807, 2.05) is 37.3 Å². The molecule has 2 amide bonds. The fourth-order valence-electron chi connectivity index (χ4n) is 4.07. The summed E-state index contributed by atoms with van der Waals surface area (Å²) in [5.74, 6) is -0.0401. The molecule has 3 aromatic heterocycles. The van der Waals surface area contributed by atoms with Gasteiger partial charge in [-0.05, 0) is 48.2 Å². The van der Waals surface area contributed by atoms with E-state index in [4.69, 9.17) is 11.6 Å². The molecule has 1 N–H and O–H groups in total. The molecule has 1 fully saturated rings. The van der Waals surface area contributed by atoms with Crippen molar-refractivity contribution >= 4 is 55.7 Å². The Morgan fingerprint density at radius 2 is 2.13 bits per heavy atom. The molecule has 0 aliphatic carbocycles. The van der Waals surface area contributed by atoms with E-state index in [0.29, 0.717) is 31.1 Å². The third kappa shape index (κ3) is 3.91. The van der Waals surface area contributed by atoms with Crippen LogP contribution < -0.4 is 0 Å². The highest BCUT2D eigenvalue weighted by Crippen LogP contribution is 2.33. The summed E-state index contributed by atoms with van der Waals surface area (Å²) in [4.78, 5) is 37.6. The number of hydrogen-bond acceptors (Lipinski definition) is 4. The fourth-order valence-corrected chi connectivity index (χ4v) is 5.43. The fraction of sp³-hybridized carbons (Fsp3) is 0.261. The number of pyridine rings is 1. The van der Waals surface area contributed by atoms with Crippen LogP contribution in [0.15, 0.2) is 42.7 Å². The van der Waals surface area contributed by atoms with Gasteiger partial charge in [-0.3, -0.25) is 14.6 Å². The van der Waals surface area contributed by atoms with Crippen LogP contribution in [0.4, 0.5) is 0 Å². The van der Waals surface area contributed by atoms with Crippen LogP contribution in [-0.2, 0) is 22.6 Å². The lowest BCUT2D eigenvalue weighted by atomic mass is 10.1. The van der Waals surface area contributed by atoms with Gasteiger partial charge in [-0.1, -0.05) is 11.6 Å². The maximum atomic E-state index is 12.9. The van der Waals surface area contributed by atoms with Crippen LogP contribution in [0.25, 0.3) is 21.0 Å². The first-order chi connectivity index (χ1) is 15.0. The molecule has 0 saturated carbocycles. The number of piperazine rings is 1. The van der Waals surface area contributed by atoms with Gasteiger partial charge in [0.2, 0.25) is 11.8 Å². The third-order valence-corrected chi connectivity index (χ3v) is 7.33. The Morgan fingerprint density at radius 3 is 2.94 bits per heavy atom. The minimum atomic E-state index is -0.0313. The number of aromatic amines is 1. The summed E-state index contributed by atoms with van der Waals surface area (Å²) in [6.07, 6.45) is 3.85. The minimum Gasteiger partial charge on any atom is -0.357 e. The molecular formula is C23H21ClN4O2S. The highest BCUT2D eigenvalue weighted by molar-refractivity contribution is 7.19. The van der Waals surface area contributed by atoms with Crippen LogP contribution in [0.5, 0.6) is 0 Å². The van der Waals surface area contributed by atoms with Crippen LogP contribution in [0.3, 0.4) is 0 Å². The molecule has 0 radical (unpaired) electrons. The molecule has 1 aromatic carbocycles. The van der Waals surface area contributed by atoms with E-state index in [0.717, 1.165) is 37.1 Å². The van der Waals surface area contributed by atoms with Gasteiger partial charge in [0.15, 0.2) is 0 Å². The van der Waals surface area contributed by atoms with Crippen LogP contribution in [-0.4, -0.2) is 51.2 Å². The maximum Gasteiger partial charge on any atom is 0.242 e. The van der Waals surface area contributed by atoms with Crippen LogP contribution in [0.2, 0.25) is 5.02 Å². The molecule has 5 rings (SSSR count). The van der Waals surface area contributed by atoms with Gasteiger partial charge in [0.05, 0.1) is 19.5 Å². The Hall–Kier alpha value is -2.90. The molecule has 8 heteroatoms. The predicted octanol–water partition coefficient (Wildman–Crippen LogP) is 4.15. The smallest absolute Gasteiger partial charge is 0.242 e. The normalized spacial score (nSPS) is 14.7. The van der Waals surface area contributed by atoms with E-state index in [9.17, 15) is 9.59 Å². The van der Waals surface area contributed by atoms with Gasteiger partial charge in [-0.15, -0.1) is 11.3 Å². The Morgan fingerprint density at radius 1 is 1.26 bits per heavy atom. The second-order valence-electron chi connectivity index (χ2n) is 7.86. The Labute approximate surface area is 188 Å². The summed E-state index contributed by atoms with van der Waals surface area (Å²) in [6, 6.07) is 9.74. The number of aromatic nitrogens is 2. The zero-order chi connectivity index (χ0) is 21.5. The standard InChI is InChI=1S/C23H21ClN4O2S/c1-14-18-9-16(24)2-3-20(18)31-21(14)10-22(29)28-7-6-27(23(30)13-28)12-17-8-15-11-25-5-4-19(15)26-17/h2-5,8-9,11,26H,6-7,10,12-13H2,1H3. The summed E-state index contributed by atoms with van der Waals surface area (Å²) >= 11 is 7.74. The molecule has 4 aromatic rings. The number of hydrogen-bond donors (Lipinski definition) is 1. The highest BCUT2D eigenvalue weighted by atomic mass is 35.5. The minimum absolute atomic E-state index is 0.00885. The summed E-state index contributed by atoms with van der Waals surface area (Å²) in [5, 5.41) is 2.81. The van der Waals surface area contributed by atoms with Crippen molar-refractivity contribution in [3.8, 4) is 0 Å². The first-order valence-electron chi connectivity index (χ1n) is 10.1. The molecule has 0 atom stereocenters. The van der Waals surface area contributed by atoms with Crippen molar-refractivity contribution in [2.45, 2.75) is 19.9 Å². The van der Waals surface area contributed by atoms with Gasteiger partial charge >= 0.3 is 0 Å². The quantitative estimate of drug-likeness (QED) is 0.505. The average molecular weight is 453 g/mol. The number of thiophene rings is 1. The van der Waals surface area contributed by atoms with Crippen molar-refractivity contribution in [3.05, 3.63) is 63.9 Å². The lowest BCUT2D eigenvalue weighted by Crippen LogP contribution is -2.52. The monoisotopic (exact) mass is 452 g/mol. The SMILES string of the molecule is Cc1c(CC(=O)N2CCN(Cc3cc4cnccc4[nH]3)C(=O)C2)sc2ccc(Cl)cc12. The molecule has 0 bridgehead atoms. The molecule has 6 nitrogen and oxygen atoms in total. The maximum absolute atomic E-state index is 12.9. The number of carbonyl (C=O) groups excluding carboxylic acids is 2. The van der Waals surface area contributed by atoms with Crippen molar-refractivity contribution in [3.63, 3.8) is 0 Å². The summed E-state index contributed by atoms with van der Waals surface area (Å²) in [5.41, 5.74) is 3.07. The number of fused-ring (bicyclic) bond motifs is 2. The molecule has 1 aliphatic rings. The number of nitrogens with one attached hydrogen (secondary N) is 1. The molecule has 158 valence electrons. The van der Waals surface area contributed by atoms with E-state index >= 15 is 0 Å². The molecule has 1 aliphatic heterocycles. The largest absolute Gasteiger partial charge is 0.357 e. The number of H-pyrrole nitrogens is 1. The zero-order valence-electron chi connectivity index (χ0n) is 17.0. The first kappa shape index (κ1) is 20.0. The molecule has 0 unspecified atom stereocenters. The van der Waals surface area contributed by atoms with Crippen molar-refractivity contribution in [1.82, 2.24) is 19.8 Å². The number of amides is 2. The molecule has 0 spiro atoms. The number of benzene rings is 1. The summed E-state index contributed by atoms with van der Waals surface area (Å²) < 4.78 is 1.12. The molecule has 4 heterocycles. The van der Waals surface area contributed by atoms with Gasteiger partial charge in [0, 0.05) is 56.7 Å². The predicted molar refractivity (Wildman–Crippen MR) is 123 cm³/mol. The van der Waals surface area contributed by atoms with Gasteiger partial charge in [-0.2, -0.15) is 0 Å². The average Bonchev–Trinajstić information content (AvgIpc) is 3.30. The Kier molecular flexibility index (Phi) is 5.16. The van der Waals surface area contributed by atoms with E-state index in [1.54, 1.807) is 33.5 Å². The second kappa shape index (κ2) is 7.98. The Bertz CT molecular complexity index is 1280. The lowest BCUT2D eigenvalue weighted by Gasteiger charge is -2.34. The third-order valence-electron chi connectivity index (χ3n) is 5.82. The van der Waals surface area contributed by atoms with E-state index in [1.165, 1.54) is 0 Å². The van der Waals surface area contributed by atoms with Crippen molar-refractivity contribution in [1.29, 1.82) is 0 Å². The van der Waals surface area contributed by atoms with E-state index in [-0.39, 0.29) is 18.4 Å². The van der Waals surface area contributed by atoms with E-state index in [2.05, 4.69) is 9.97 Å². The van der Waals surface area contributed by atoms with Crippen molar-refractivity contribution < 1.29 is 9.59 Å². The second-order valence-corrected chi connectivity index (χ2v) is 9.43. The van der Waals surface area contributed by atoms with Crippen LogP contribution >= 0.6 is 22.9 Å². The number of carbonyl (C=O) groups is 2. The van der Waals surface area contributed by atoms with Crippen molar-refractivity contribution in [2.24, 2.45) is 0 Å². The van der Waals surface area contributed by atoms with Crippen LogP contribution in [0, 0.1) is 6.92 Å². The van der Waals surface area contributed by atoms with Gasteiger partial charge in [0.25, 0.3) is 0 Å². The van der Waals surface area contributed by atoms with Crippen molar-refractivity contribution in [2.75, 3.05) is 19.6 Å². The lowest BCUT2D eigenvalue weighted by molar-refractivity contribution is -0.145. The summed E-state index contributed by atoms with van der Waals surface area (Å²) in [6.45, 7) is 3.72. The number of rotatable bonds is 4. The topological polar surface area (TPSA) is 69.3 Å². The zero-order valence-corrected chi connectivity index (χ0v) is 18.6. The molecule has 31 heavy (non-hydrogen) atoms. The molecule has 1 saturated heterocycles. The summed E-state index contributed by atoms with van der Waals surface area (Å²) in [7, 11) is 0. The highest BCUT2D eigenvalue weighted by Gasteiger charge is 2.28. The van der Waals surface area contributed by atoms with Crippen LogP contribution in [0.1, 0.15) is 16.1 Å². The van der Waals surface area contributed by atoms with E-state index < -0.39 is 0 Å². The Balaban J connectivity index is 1.24. The number of nitrogens with zero attached hydrogens (tertiary/aromatic N) is 3. The molecular weight excluding hydrogens is 432 g/mol. The van der Waals surface area contributed by atoms with Gasteiger partial charge < -0.3 is 14.8 Å².